The predicted molar refractivity (Wildman–Crippen MR) is 48.2 cm³/mol. The molecule has 1 aliphatic heterocycles. The third-order valence-electron chi connectivity index (χ3n) is 2.31. The van der Waals surface area contributed by atoms with E-state index in [0.29, 0.717) is 11.2 Å². The summed E-state index contributed by atoms with van der Waals surface area (Å²) in [5.74, 6) is 0. The van der Waals surface area contributed by atoms with Crippen molar-refractivity contribution >= 4 is 11.6 Å². The molecule has 0 aromatic carbocycles. The minimum Gasteiger partial charge on any atom is -0.310 e. The van der Waals surface area contributed by atoms with Crippen molar-refractivity contribution in [3.05, 3.63) is 16.9 Å². The molecular formula is C8H12ClN3. The molecule has 1 fully saturated rings. The number of aromatic amines is 1. The van der Waals surface area contributed by atoms with Crippen LogP contribution >= 0.6 is 11.6 Å². The van der Waals surface area contributed by atoms with E-state index in [1.54, 1.807) is 0 Å². The van der Waals surface area contributed by atoms with Gasteiger partial charge in [0.15, 0.2) is 0 Å². The van der Waals surface area contributed by atoms with Crippen LogP contribution in [0.2, 0.25) is 5.15 Å². The molecule has 0 aliphatic carbocycles. The minimum atomic E-state index is 0.407. The lowest BCUT2D eigenvalue weighted by Gasteiger charge is -2.22. The molecule has 12 heavy (non-hydrogen) atoms. The molecule has 66 valence electrons. The Morgan fingerprint density at radius 3 is 3.00 bits per heavy atom. The van der Waals surface area contributed by atoms with E-state index in [1.165, 1.54) is 19.3 Å². The average molecular weight is 186 g/mol. The molecule has 2 N–H and O–H groups in total. The second-order valence-electron chi connectivity index (χ2n) is 3.14. The molecule has 4 heteroatoms. The summed E-state index contributed by atoms with van der Waals surface area (Å²) in [4.78, 5) is 0. The highest BCUT2D eigenvalue weighted by Gasteiger charge is 2.17. The first-order chi connectivity index (χ1) is 5.88. The molecule has 2 heterocycles. The van der Waals surface area contributed by atoms with Gasteiger partial charge in [-0.25, -0.2) is 0 Å². The average Bonchev–Trinajstić information content (AvgIpc) is 2.53. The van der Waals surface area contributed by atoms with Crippen molar-refractivity contribution < 1.29 is 0 Å². The first kappa shape index (κ1) is 8.08. The van der Waals surface area contributed by atoms with Gasteiger partial charge in [-0.3, -0.25) is 5.10 Å². The number of rotatable bonds is 1. The third-order valence-corrected chi connectivity index (χ3v) is 2.61. The van der Waals surface area contributed by atoms with Crippen LogP contribution in [0.3, 0.4) is 0 Å². The normalized spacial score (nSPS) is 24.2. The zero-order chi connectivity index (χ0) is 8.39. The number of nitrogens with one attached hydrogen (secondary N) is 2. The quantitative estimate of drug-likeness (QED) is 0.702. The van der Waals surface area contributed by atoms with Gasteiger partial charge in [0.2, 0.25) is 0 Å². The molecule has 1 atom stereocenters. The Morgan fingerprint density at radius 1 is 1.50 bits per heavy atom. The maximum Gasteiger partial charge on any atom is 0.128 e. The lowest BCUT2D eigenvalue weighted by atomic mass is 10.0. The van der Waals surface area contributed by atoms with E-state index < -0.39 is 0 Å². The van der Waals surface area contributed by atoms with Crippen molar-refractivity contribution in [1.29, 1.82) is 0 Å². The molecule has 1 aromatic rings. The van der Waals surface area contributed by atoms with Gasteiger partial charge in [-0.2, -0.15) is 5.10 Å². The highest BCUT2D eigenvalue weighted by atomic mass is 35.5. The lowest BCUT2D eigenvalue weighted by Crippen LogP contribution is -2.26. The van der Waals surface area contributed by atoms with E-state index in [1.807, 2.05) is 6.20 Å². The van der Waals surface area contributed by atoms with Crippen molar-refractivity contribution in [2.45, 2.75) is 25.3 Å². The fourth-order valence-corrected chi connectivity index (χ4v) is 1.87. The van der Waals surface area contributed by atoms with Crippen LogP contribution in [0.1, 0.15) is 30.9 Å². The van der Waals surface area contributed by atoms with Crippen LogP contribution in [-0.4, -0.2) is 16.7 Å². The van der Waals surface area contributed by atoms with Gasteiger partial charge < -0.3 is 5.32 Å². The fourth-order valence-electron chi connectivity index (χ4n) is 1.64. The lowest BCUT2D eigenvalue weighted by molar-refractivity contribution is 0.412. The maximum atomic E-state index is 5.92. The number of nitrogens with zero attached hydrogens (tertiary/aromatic N) is 1. The maximum absolute atomic E-state index is 5.92. The van der Waals surface area contributed by atoms with Gasteiger partial charge in [0.25, 0.3) is 0 Å². The summed E-state index contributed by atoms with van der Waals surface area (Å²) in [7, 11) is 0. The minimum absolute atomic E-state index is 0.407. The number of aromatic nitrogens is 2. The second kappa shape index (κ2) is 3.46. The Balaban J connectivity index is 2.13. The first-order valence-electron chi connectivity index (χ1n) is 4.30. The summed E-state index contributed by atoms with van der Waals surface area (Å²) >= 11 is 5.92. The van der Waals surface area contributed by atoms with Crippen LogP contribution in [0.15, 0.2) is 6.20 Å². The molecule has 1 saturated heterocycles. The number of hydrogen-bond acceptors (Lipinski definition) is 2. The van der Waals surface area contributed by atoms with Crippen LogP contribution in [0, 0.1) is 0 Å². The summed E-state index contributed by atoms with van der Waals surface area (Å²) in [6.07, 6.45) is 5.52. The molecule has 1 aliphatic rings. The van der Waals surface area contributed by atoms with Gasteiger partial charge in [0.05, 0.1) is 6.20 Å². The smallest absolute Gasteiger partial charge is 0.128 e. The zero-order valence-electron chi connectivity index (χ0n) is 6.81. The molecule has 0 saturated carbocycles. The molecule has 2 rings (SSSR count). The van der Waals surface area contributed by atoms with Crippen molar-refractivity contribution in [3.63, 3.8) is 0 Å². The Kier molecular flexibility index (Phi) is 2.33. The summed E-state index contributed by atoms with van der Waals surface area (Å²) in [6, 6.07) is 0.407. The van der Waals surface area contributed by atoms with E-state index in [4.69, 9.17) is 11.6 Å². The second-order valence-corrected chi connectivity index (χ2v) is 3.52. The Morgan fingerprint density at radius 2 is 2.42 bits per heavy atom. The Bertz CT molecular complexity index is 253. The monoisotopic (exact) mass is 185 g/mol. The van der Waals surface area contributed by atoms with E-state index in [2.05, 4.69) is 15.5 Å². The Hall–Kier alpha value is -0.540. The molecular weight excluding hydrogens is 174 g/mol. The largest absolute Gasteiger partial charge is 0.310 e. The summed E-state index contributed by atoms with van der Waals surface area (Å²) < 4.78 is 0. The molecule has 0 amide bonds. The number of hydrogen-bond donors (Lipinski definition) is 2. The van der Waals surface area contributed by atoms with E-state index in [0.717, 1.165) is 12.1 Å². The number of halogens is 1. The number of piperidine rings is 1. The third kappa shape index (κ3) is 1.47. The van der Waals surface area contributed by atoms with Crippen molar-refractivity contribution in [1.82, 2.24) is 15.5 Å². The molecule has 1 unspecified atom stereocenters. The highest BCUT2D eigenvalue weighted by Crippen LogP contribution is 2.26. The van der Waals surface area contributed by atoms with Crippen molar-refractivity contribution in [2.75, 3.05) is 6.54 Å². The highest BCUT2D eigenvalue weighted by molar-refractivity contribution is 6.30. The topological polar surface area (TPSA) is 40.7 Å². The zero-order valence-corrected chi connectivity index (χ0v) is 7.56. The molecule has 1 aromatic heterocycles. The summed E-state index contributed by atoms with van der Waals surface area (Å²) in [5, 5.41) is 10.7. The standard InChI is InChI=1S/C8H12ClN3/c9-8-6(5-11-12-8)7-3-1-2-4-10-7/h5,7,10H,1-4H2,(H,11,12). The van der Waals surface area contributed by atoms with Gasteiger partial charge >= 0.3 is 0 Å². The van der Waals surface area contributed by atoms with Crippen LogP contribution in [0.25, 0.3) is 0 Å². The Labute approximate surface area is 76.5 Å². The van der Waals surface area contributed by atoms with Crippen LogP contribution in [0.4, 0.5) is 0 Å². The van der Waals surface area contributed by atoms with Gasteiger partial charge in [-0.05, 0) is 19.4 Å². The molecule has 0 bridgehead atoms. The van der Waals surface area contributed by atoms with Crippen molar-refractivity contribution in [2.24, 2.45) is 0 Å². The SMILES string of the molecule is Clc1[nH]ncc1C1CCCCN1. The first-order valence-corrected chi connectivity index (χ1v) is 4.68. The summed E-state index contributed by atoms with van der Waals surface area (Å²) in [6.45, 7) is 1.09. The van der Waals surface area contributed by atoms with E-state index in [9.17, 15) is 0 Å². The number of H-pyrrole nitrogens is 1. The van der Waals surface area contributed by atoms with E-state index >= 15 is 0 Å². The van der Waals surface area contributed by atoms with Crippen LogP contribution in [-0.2, 0) is 0 Å². The van der Waals surface area contributed by atoms with Gasteiger partial charge in [0.1, 0.15) is 5.15 Å². The molecule has 0 spiro atoms. The molecule has 3 nitrogen and oxygen atoms in total. The van der Waals surface area contributed by atoms with Gasteiger partial charge in [0, 0.05) is 11.6 Å². The van der Waals surface area contributed by atoms with Gasteiger partial charge in [-0.1, -0.05) is 18.0 Å². The van der Waals surface area contributed by atoms with Crippen molar-refractivity contribution in [3.8, 4) is 0 Å². The van der Waals surface area contributed by atoms with E-state index in [-0.39, 0.29) is 0 Å². The summed E-state index contributed by atoms with van der Waals surface area (Å²) in [5.41, 5.74) is 1.11. The van der Waals surface area contributed by atoms with Gasteiger partial charge in [-0.15, -0.1) is 0 Å². The molecule has 0 radical (unpaired) electrons. The van der Waals surface area contributed by atoms with Crippen LogP contribution in [0.5, 0.6) is 0 Å². The van der Waals surface area contributed by atoms with Crippen LogP contribution < -0.4 is 5.32 Å². The fraction of sp³-hybridized carbons (Fsp3) is 0.625. The predicted octanol–water partition coefficient (Wildman–Crippen LogP) is 1.88.